The van der Waals surface area contributed by atoms with Gasteiger partial charge in [-0.25, -0.2) is 4.70 Å². The summed E-state index contributed by atoms with van der Waals surface area (Å²) in [5, 5.41) is 0. The summed E-state index contributed by atoms with van der Waals surface area (Å²) >= 11 is 0. The highest BCUT2D eigenvalue weighted by Gasteiger charge is 2.34. The second-order valence-corrected chi connectivity index (χ2v) is 18.6. The van der Waals surface area contributed by atoms with E-state index in [0.717, 1.165) is 54.6 Å². The topological polar surface area (TPSA) is 25.3 Å². The highest BCUT2D eigenvalue weighted by molar-refractivity contribution is 5.84. The molecule has 3 rings (SSSR count). The van der Waals surface area contributed by atoms with Gasteiger partial charge in [0.25, 0.3) is 0 Å². The van der Waals surface area contributed by atoms with Crippen molar-refractivity contribution in [1.29, 1.82) is 0 Å². The fourth-order valence-corrected chi connectivity index (χ4v) is 9.27. The molecule has 336 valence electrons. The number of allylic oxidation sites excluding steroid dienone is 4. The molecule has 0 bridgehead atoms. The molecular formula is C58H94N2. The van der Waals surface area contributed by atoms with E-state index in [1.54, 1.807) is 0 Å². The van der Waals surface area contributed by atoms with E-state index < -0.39 is 0 Å². The van der Waals surface area contributed by atoms with Gasteiger partial charge in [-0.3, -0.25) is 0 Å². The summed E-state index contributed by atoms with van der Waals surface area (Å²) in [6, 6.07) is 17.9. The minimum absolute atomic E-state index is 0.941. The van der Waals surface area contributed by atoms with Gasteiger partial charge in [0.15, 0.2) is 0 Å². The van der Waals surface area contributed by atoms with Crippen molar-refractivity contribution in [2.24, 2.45) is 0 Å². The summed E-state index contributed by atoms with van der Waals surface area (Å²) in [6.07, 6.45) is 53.4. The maximum atomic E-state index is 12.1. The van der Waals surface area contributed by atoms with Crippen LogP contribution in [0.15, 0.2) is 71.8 Å². The molecule has 0 saturated heterocycles. The molecule has 0 spiro atoms. The van der Waals surface area contributed by atoms with Gasteiger partial charge in [0.05, 0.1) is 5.57 Å². The third-order valence-electron chi connectivity index (χ3n) is 13.3. The second-order valence-electron chi connectivity index (χ2n) is 18.6. The number of aryl methyl sites for hydroxylation is 2. The Morgan fingerprint density at radius 3 is 1.17 bits per heavy atom. The Balaban J connectivity index is 1.36. The normalized spacial score (nSPS) is 13.2. The van der Waals surface area contributed by atoms with Gasteiger partial charge in [-0.1, -0.05) is 250 Å². The zero-order valence-corrected chi connectivity index (χ0v) is 40.1. The van der Waals surface area contributed by atoms with E-state index in [1.165, 1.54) is 226 Å². The second kappa shape index (κ2) is 34.8. The summed E-state index contributed by atoms with van der Waals surface area (Å²) < 4.78 is 1.53. The molecule has 0 fully saturated rings. The van der Waals surface area contributed by atoms with Crippen LogP contribution in [-0.4, -0.2) is 4.70 Å². The Labute approximate surface area is 373 Å². The number of benzene rings is 2. The molecule has 0 aliphatic carbocycles. The van der Waals surface area contributed by atoms with Gasteiger partial charge in [0, 0.05) is 16.7 Å². The van der Waals surface area contributed by atoms with Gasteiger partial charge in [-0.2, -0.15) is 0 Å². The van der Waals surface area contributed by atoms with Crippen molar-refractivity contribution < 1.29 is 4.70 Å². The molecule has 0 amide bonds. The number of rotatable bonds is 39. The van der Waals surface area contributed by atoms with Crippen LogP contribution in [0, 0.1) is 0 Å². The number of hydrogen-bond donors (Lipinski definition) is 0. The number of hydrogen-bond acceptors (Lipinski definition) is 0. The maximum Gasteiger partial charge on any atom is 0.215 e. The number of unbranched alkanes of at least 4 members (excludes halogenated alkanes) is 30. The maximum absolute atomic E-state index is 12.1. The molecule has 0 saturated carbocycles. The molecule has 2 aromatic carbocycles. The molecule has 0 atom stereocenters. The van der Waals surface area contributed by atoms with Gasteiger partial charge in [0.2, 0.25) is 11.4 Å². The van der Waals surface area contributed by atoms with Crippen LogP contribution in [0.4, 0.5) is 0 Å². The van der Waals surface area contributed by atoms with E-state index >= 15 is 0 Å². The van der Waals surface area contributed by atoms with Crippen LogP contribution in [-0.2, 0) is 12.8 Å². The van der Waals surface area contributed by atoms with Crippen LogP contribution >= 0.6 is 0 Å². The first-order valence-corrected chi connectivity index (χ1v) is 26.5. The quantitative estimate of drug-likeness (QED) is 0.0474. The molecule has 0 radical (unpaired) electrons. The molecule has 2 nitrogen and oxygen atoms in total. The average Bonchev–Trinajstić information content (AvgIpc) is 3.54. The molecule has 0 N–H and O–H groups in total. The largest absolute Gasteiger partial charge is 0.493 e. The van der Waals surface area contributed by atoms with Crippen molar-refractivity contribution in [3.8, 4) is 0 Å². The van der Waals surface area contributed by atoms with Crippen LogP contribution in [0.5, 0.6) is 0 Å². The molecule has 1 aliphatic heterocycles. The Hall–Kier alpha value is -2.74. The van der Waals surface area contributed by atoms with E-state index in [0.29, 0.717) is 0 Å². The predicted molar refractivity (Wildman–Crippen MR) is 267 cm³/mol. The van der Waals surface area contributed by atoms with E-state index in [1.807, 2.05) is 0 Å². The Morgan fingerprint density at radius 2 is 0.733 bits per heavy atom. The van der Waals surface area contributed by atoms with E-state index in [2.05, 4.69) is 88.4 Å². The first kappa shape index (κ1) is 51.6. The monoisotopic (exact) mass is 819 g/mol. The summed E-state index contributed by atoms with van der Waals surface area (Å²) in [4.78, 5) is 0. The fraction of sp³-hybridized carbons (Fsp3) is 0.690. The van der Waals surface area contributed by atoms with E-state index in [-0.39, 0.29) is 0 Å². The molecule has 0 aromatic heterocycles. The highest BCUT2D eigenvalue weighted by atomic mass is 15.2. The lowest BCUT2D eigenvalue weighted by molar-refractivity contribution is -0.345. The molecule has 2 aromatic rings. The lowest BCUT2D eigenvalue weighted by atomic mass is 9.93. The molecular weight excluding hydrogens is 725 g/mol. The number of nitrogens with zero attached hydrogens (tertiary/aromatic N) is 2. The molecule has 60 heavy (non-hydrogen) atoms. The van der Waals surface area contributed by atoms with E-state index in [9.17, 15) is 5.53 Å². The van der Waals surface area contributed by atoms with Gasteiger partial charge in [0.1, 0.15) is 0 Å². The third kappa shape index (κ3) is 21.4. The van der Waals surface area contributed by atoms with Crippen LogP contribution in [0.25, 0.3) is 16.9 Å². The van der Waals surface area contributed by atoms with Crippen LogP contribution in [0.1, 0.15) is 268 Å². The van der Waals surface area contributed by atoms with Gasteiger partial charge < -0.3 is 5.53 Å². The zero-order chi connectivity index (χ0) is 42.7. The summed E-state index contributed by atoms with van der Waals surface area (Å²) in [5.74, 6) is 0. The van der Waals surface area contributed by atoms with Gasteiger partial charge in [-0.05, 0) is 80.3 Å². The summed E-state index contributed by atoms with van der Waals surface area (Å²) in [7, 11) is 0. The average molecular weight is 819 g/mol. The third-order valence-corrected chi connectivity index (χ3v) is 13.3. The predicted octanol–water partition coefficient (Wildman–Crippen LogP) is 19.8. The Bertz CT molecular complexity index is 1460. The summed E-state index contributed by atoms with van der Waals surface area (Å²) in [6.45, 7) is 9.07. The van der Waals surface area contributed by atoms with Crippen molar-refractivity contribution in [2.75, 3.05) is 0 Å². The van der Waals surface area contributed by atoms with Crippen molar-refractivity contribution in [3.05, 3.63) is 99.6 Å². The lowest BCUT2D eigenvalue weighted by Crippen LogP contribution is -2.03. The van der Waals surface area contributed by atoms with Crippen LogP contribution < -0.4 is 0 Å². The minimum atomic E-state index is 0.941. The first-order valence-electron chi connectivity index (χ1n) is 26.5. The van der Waals surface area contributed by atoms with Gasteiger partial charge in [-0.15, -0.1) is 0 Å². The SMILES string of the molecule is CCCCCCCCCCCCCCCCCCCCCCCCCCCC=CC1=C(c2ccc(CC)cc2)[N+](=[N-])C(c2ccc(CCCCC)cc2)=C1CCCCCC. The van der Waals surface area contributed by atoms with Gasteiger partial charge >= 0.3 is 0 Å². The molecule has 1 aliphatic rings. The first-order chi connectivity index (χ1) is 29.6. The smallest absolute Gasteiger partial charge is 0.215 e. The van der Waals surface area contributed by atoms with Crippen LogP contribution in [0.3, 0.4) is 0 Å². The van der Waals surface area contributed by atoms with Crippen molar-refractivity contribution in [2.45, 2.75) is 259 Å². The lowest BCUT2D eigenvalue weighted by Gasteiger charge is -2.10. The molecule has 2 heteroatoms. The van der Waals surface area contributed by atoms with Crippen molar-refractivity contribution >= 4 is 11.4 Å². The highest BCUT2D eigenvalue weighted by Crippen LogP contribution is 2.43. The summed E-state index contributed by atoms with van der Waals surface area (Å²) in [5.41, 5.74) is 21.4. The standard InChI is InChI=1S/C58H94N2/c1-5-9-12-14-15-16-17-18-19-20-21-22-23-24-25-26-27-28-29-30-31-32-33-34-35-36-39-42-56-55(41-38-13-10-6-2)58(54-49-45-52(46-50-54)40-37-11-7-3)60(59)57(56)53-47-43-51(8-4)44-48-53/h39,42-50H,5-38,40-41H2,1-4H3. The Kier molecular flexibility index (Phi) is 29.9. The minimum Gasteiger partial charge on any atom is -0.493 e. The fourth-order valence-electron chi connectivity index (χ4n) is 9.27. The van der Waals surface area contributed by atoms with Crippen LogP contribution in [0.2, 0.25) is 0 Å². The van der Waals surface area contributed by atoms with E-state index in [4.69, 9.17) is 0 Å². The zero-order valence-electron chi connectivity index (χ0n) is 40.1. The molecule has 1 heterocycles. The Morgan fingerprint density at radius 1 is 0.383 bits per heavy atom. The molecule has 0 unspecified atom stereocenters. The van der Waals surface area contributed by atoms with Crippen molar-refractivity contribution in [1.82, 2.24) is 0 Å². The van der Waals surface area contributed by atoms with Crippen molar-refractivity contribution in [3.63, 3.8) is 0 Å².